The lowest BCUT2D eigenvalue weighted by molar-refractivity contribution is 0.0702. The van der Waals surface area contributed by atoms with E-state index >= 15 is 0 Å². The predicted octanol–water partition coefficient (Wildman–Crippen LogP) is 2.22. The SMILES string of the molecule is COCCCN(C)Cc1cc(C(=O)O)sc1C. The van der Waals surface area contributed by atoms with Crippen molar-refractivity contribution in [2.75, 3.05) is 27.3 Å². The summed E-state index contributed by atoms with van der Waals surface area (Å²) >= 11 is 1.34. The van der Waals surface area contributed by atoms with E-state index in [0.717, 1.165) is 36.6 Å². The van der Waals surface area contributed by atoms with Crippen molar-refractivity contribution in [2.24, 2.45) is 0 Å². The molecule has 5 heteroatoms. The number of hydrogen-bond acceptors (Lipinski definition) is 4. The third-order valence-electron chi connectivity index (χ3n) is 2.56. The average Bonchev–Trinajstić information content (AvgIpc) is 2.61. The minimum Gasteiger partial charge on any atom is -0.477 e. The Balaban J connectivity index is 2.52. The van der Waals surface area contributed by atoms with Crippen LogP contribution in [-0.2, 0) is 11.3 Å². The van der Waals surface area contributed by atoms with Crippen LogP contribution in [0.15, 0.2) is 6.07 Å². The summed E-state index contributed by atoms with van der Waals surface area (Å²) in [4.78, 5) is 14.5. The van der Waals surface area contributed by atoms with Crippen molar-refractivity contribution in [3.8, 4) is 0 Å². The molecule has 1 heterocycles. The molecule has 0 saturated carbocycles. The molecule has 0 amide bonds. The van der Waals surface area contributed by atoms with Crippen LogP contribution in [0.1, 0.15) is 26.5 Å². The van der Waals surface area contributed by atoms with Gasteiger partial charge in [0.25, 0.3) is 0 Å². The summed E-state index contributed by atoms with van der Waals surface area (Å²) in [6.45, 7) is 4.47. The fourth-order valence-electron chi connectivity index (χ4n) is 1.63. The second-order valence-electron chi connectivity index (χ2n) is 4.08. The van der Waals surface area contributed by atoms with Crippen molar-refractivity contribution >= 4 is 17.3 Å². The second-order valence-corrected chi connectivity index (χ2v) is 5.34. The summed E-state index contributed by atoms with van der Waals surface area (Å²) in [5, 5.41) is 8.91. The highest BCUT2D eigenvalue weighted by Gasteiger charge is 2.12. The van der Waals surface area contributed by atoms with Crippen molar-refractivity contribution in [2.45, 2.75) is 19.9 Å². The van der Waals surface area contributed by atoms with Crippen LogP contribution in [0.4, 0.5) is 0 Å². The number of methoxy groups -OCH3 is 1. The van der Waals surface area contributed by atoms with Gasteiger partial charge in [0.15, 0.2) is 0 Å². The van der Waals surface area contributed by atoms with Crippen LogP contribution in [0.3, 0.4) is 0 Å². The van der Waals surface area contributed by atoms with Gasteiger partial charge in [0.2, 0.25) is 0 Å². The summed E-state index contributed by atoms with van der Waals surface area (Å²) in [5.74, 6) is -0.841. The third-order valence-corrected chi connectivity index (χ3v) is 3.64. The lowest BCUT2D eigenvalue weighted by atomic mass is 10.2. The molecule has 0 atom stereocenters. The number of rotatable bonds is 7. The van der Waals surface area contributed by atoms with Gasteiger partial charge < -0.3 is 14.7 Å². The predicted molar refractivity (Wildman–Crippen MR) is 68.8 cm³/mol. The number of carbonyl (C=O) groups is 1. The van der Waals surface area contributed by atoms with E-state index in [9.17, 15) is 4.79 Å². The van der Waals surface area contributed by atoms with Gasteiger partial charge in [0.05, 0.1) is 0 Å². The van der Waals surface area contributed by atoms with E-state index in [1.807, 2.05) is 14.0 Å². The maximum atomic E-state index is 10.8. The Bertz CT molecular complexity index is 376. The maximum Gasteiger partial charge on any atom is 0.345 e. The highest BCUT2D eigenvalue weighted by molar-refractivity contribution is 7.14. The zero-order chi connectivity index (χ0) is 12.8. The molecule has 1 aromatic heterocycles. The van der Waals surface area contributed by atoms with Crippen LogP contribution in [-0.4, -0.2) is 43.3 Å². The Morgan fingerprint density at radius 1 is 1.59 bits per heavy atom. The Morgan fingerprint density at radius 2 is 2.29 bits per heavy atom. The van der Waals surface area contributed by atoms with E-state index in [1.165, 1.54) is 11.3 Å². The number of aryl methyl sites for hydroxylation is 1. The zero-order valence-corrected chi connectivity index (χ0v) is 11.3. The molecule has 0 aliphatic rings. The first-order valence-corrected chi connectivity index (χ1v) is 6.36. The molecule has 0 bridgehead atoms. The molecule has 0 unspecified atom stereocenters. The summed E-state index contributed by atoms with van der Waals surface area (Å²) in [5.41, 5.74) is 1.10. The van der Waals surface area contributed by atoms with Crippen LogP contribution >= 0.6 is 11.3 Å². The minimum absolute atomic E-state index is 0.419. The molecule has 0 radical (unpaired) electrons. The third kappa shape index (κ3) is 4.46. The summed E-state index contributed by atoms with van der Waals surface area (Å²) < 4.78 is 5.00. The summed E-state index contributed by atoms with van der Waals surface area (Å²) in [6, 6.07) is 1.77. The van der Waals surface area contributed by atoms with E-state index in [0.29, 0.717) is 4.88 Å². The van der Waals surface area contributed by atoms with Gasteiger partial charge >= 0.3 is 5.97 Å². The first kappa shape index (κ1) is 14.2. The molecule has 1 aromatic rings. The molecule has 17 heavy (non-hydrogen) atoms. The summed E-state index contributed by atoms with van der Waals surface area (Å²) in [6.07, 6.45) is 0.988. The van der Waals surface area contributed by atoms with Gasteiger partial charge in [0, 0.05) is 31.7 Å². The Labute approximate surface area is 106 Å². The molecule has 0 aliphatic heterocycles. The number of nitrogens with zero attached hydrogens (tertiary/aromatic N) is 1. The van der Waals surface area contributed by atoms with Crippen molar-refractivity contribution < 1.29 is 14.6 Å². The number of thiophene rings is 1. The Kier molecular flexibility index (Phi) is 5.61. The molecular formula is C12H19NO3S. The van der Waals surface area contributed by atoms with Crippen molar-refractivity contribution in [3.05, 3.63) is 21.4 Å². The van der Waals surface area contributed by atoms with E-state index in [2.05, 4.69) is 4.90 Å². The first-order valence-electron chi connectivity index (χ1n) is 5.54. The van der Waals surface area contributed by atoms with Gasteiger partial charge in [-0.2, -0.15) is 0 Å². The van der Waals surface area contributed by atoms with E-state index in [-0.39, 0.29) is 0 Å². The van der Waals surface area contributed by atoms with Gasteiger partial charge in [-0.05, 0) is 32.0 Å². The topological polar surface area (TPSA) is 49.8 Å². The van der Waals surface area contributed by atoms with E-state index < -0.39 is 5.97 Å². The van der Waals surface area contributed by atoms with Crippen LogP contribution in [0.5, 0.6) is 0 Å². The monoisotopic (exact) mass is 257 g/mol. The number of aromatic carboxylic acids is 1. The molecule has 1 rings (SSSR count). The molecule has 0 saturated heterocycles. The zero-order valence-electron chi connectivity index (χ0n) is 10.5. The molecule has 96 valence electrons. The Hall–Kier alpha value is -0.910. The molecule has 1 N–H and O–H groups in total. The molecule has 0 spiro atoms. The number of hydrogen-bond donors (Lipinski definition) is 1. The quantitative estimate of drug-likeness (QED) is 0.761. The largest absolute Gasteiger partial charge is 0.477 e. The molecule has 0 aromatic carbocycles. The summed E-state index contributed by atoms with van der Waals surface area (Å²) in [7, 11) is 3.73. The second kappa shape index (κ2) is 6.74. The number of ether oxygens (including phenoxy) is 1. The Morgan fingerprint density at radius 3 is 2.82 bits per heavy atom. The van der Waals surface area contributed by atoms with Gasteiger partial charge in [-0.25, -0.2) is 4.79 Å². The van der Waals surface area contributed by atoms with Crippen LogP contribution < -0.4 is 0 Å². The molecule has 0 fully saturated rings. The van der Waals surface area contributed by atoms with Crippen molar-refractivity contribution in [1.29, 1.82) is 0 Å². The standard InChI is InChI=1S/C12H19NO3S/c1-9-10(7-11(17-9)12(14)15)8-13(2)5-4-6-16-3/h7H,4-6,8H2,1-3H3,(H,14,15). The lowest BCUT2D eigenvalue weighted by Gasteiger charge is -2.15. The van der Waals surface area contributed by atoms with Gasteiger partial charge in [-0.3, -0.25) is 0 Å². The number of carboxylic acids is 1. The smallest absolute Gasteiger partial charge is 0.345 e. The molecule has 0 aliphatic carbocycles. The minimum atomic E-state index is -0.841. The van der Waals surface area contributed by atoms with E-state index in [4.69, 9.17) is 9.84 Å². The lowest BCUT2D eigenvalue weighted by Crippen LogP contribution is -2.20. The van der Waals surface area contributed by atoms with Crippen LogP contribution in [0.2, 0.25) is 0 Å². The normalized spacial score (nSPS) is 11.1. The highest BCUT2D eigenvalue weighted by Crippen LogP contribution is 2.22. The van der Waals surface area contributed by atoms with Gasteiger partial charge in [-0.15, -0.1) is 11.3 Å². The van der Waals surface area contributed by atoms with Crippen LogP contribution in [0.25, 0.3) is 0 Å². The van der Waals surface area contributed by atoms with E-state index in [1.54, 1.807) is 13.2 Å². The number of carboxylic acid groups (broad SMARTS) is 1. The van der Waals surface area contributed by atoms with Crippen molar-refractivity contribution in [1.82, 2.24) is 4.90 Å². The first-order chi connectivity index (χ1) is 8.04. The maximum absolute atomic E-state index is 10.8. The fourth-order valence-corrected chi connectivity index (χ4v) is 2.50. The molecule has 4 nitrogen and oxygen atoms in total. The van der Waals surface area contributed by atoms with Crippen molar-refractivity contribution in [3.63, 3.8) is 0 Å². The molecular weight excluding hydrogens is 238 g/mol. The van der Waals surface area contributed by atoms with Gasteiger partial charge in [-0.1, -0.05) is 0 Å². The van der Waals surface area contributed by atoms with Gasteiger partial charge in [0.1, 0.15) is 4.88 Å². The average molecular weight is 257 g/mol. The highest BCUT2D eigenvalue weighted by atomic mass is 32.1. The van der Waals surface area contributed by atoms with Crippen LogP contribution in [0, 0.1) is 6.92 Å². The fraction of sp³-hybridized carbons (Fsp3) is 0.583.